The Morgan fingerprint density at radius 3 is 2.79 bits per heavy atom. The van der Waals surface area contributed by atoms with Crippen LogP contribution in [0.3, 0.4) is 0 Å². The molecule has 0 atom stereocenters. The lowest BCUT2D eigenvalue weighted by atomic mass is 10.3. The number of aromatic nitrogens is 2. The number of nitrogens with one attached hydrogen (secondary N) is 1. The van der Waals surface area contributed by atoms with E-state index in [9.17, 15) is 8.78 Å². The van der Waals surface area contributed by atoms with Crippen molar-refractivity contribution in [2.24, 2.45) is 0 Å². The van der Waals surface area contributed by atoms with E-state index in [0.29, 0.717) is 32.6 Å². The molecule has 19 heavy (non-hydrogen) atoms. The highest BCUT2D eigenvalue weighted by Gasteiger charge is 2.11. The number of halogens is 3. The normalized spacial score (nSPS) is 10.7. The molecule has 0 spiro atoms. The lowest BCUT2D eigenvalue weighted by molar-refractivity contribution is 0.252. The molecule has 3 N–H and O–H groups in total. The molecule has 0 bridgehead atoms. The molecule has 2 aromatic rings. The number of benzene rings is 1. The van der Waals surface area contributed by atoms with Crippen molar-refractivity contribution in [1.82, 2.24) is 9.97 Å². The van der Waals surface area contributed by atoms with E-state index >= 15 is 0 Å². The monoisotopic (exact) mass is 346 g/mol. The average Bonchev–Trinajstić information content (AvgIpc) is 2.35. The van der Waals surface area contributed by atoms with Crippen molar-refractivity contribution in [2.45, 2.75) is 10.7 Å². The maximum Gasteiger partial charge on any atom is 0.288 e. The second kappa shape index (κ2) is 6.16. The molecule has 0 aliphatic rings. The first-order chi connectivity index (χ1) is 9.06. The summed E-state index contributed by atoms with van der Waals surface area (Å²) < 4.78 is 25.5. The summed E-state index contributed by atoms with van der Waals surface area (Å²) in [5.41, 5.74) is 6.03. The van der Waals surface area contributed by atoms with E-state index < -0.39 is 5.76 Å². The molecular weight excluding hydrogens is 338 g/mol. The average molecular weight is 347 g/mol. The molecule has 0 saturated heterocycles. The first kappa shape index (κ1) is 14.0. The molecule has 1 heterocycles. The quantitative estimate of drug-likeness (QED) is 0.822. The van der Waals surface area contributed by atoms with E-state index in [-0.39, 0.29) is 5.95 Å². The van der Waals surface area contributed by atoms with Crippen LogP contribution in [0.2, 0.25) is 0 Å². The van der Waals surface area contributed by atoms with Gasteiger partial charge in [0.2, 0.25) is 5.95 Å². The van der Waals surface area contributed by atoms with Gasteiger partial charge in [-0.05, 0) is 28.1 Å². The Hall–Kier alpha value is -1.41. The summed E-state index contributed by atoms with van der Waals surface area (Å²) in [4.78, 5) is 8.24. The molecule has 1 aromatic heterocycles. The van der Waals surface area contributed by atoms with Crippen LogP contribution in [0.5, 0.6) is 0 Å². The minimum atomic E-state index is -2.48. The van der Waals surface area contributed by atoms with Gasteiger partial charge in [0.25, 0.3) is 5.76 Å². The van der Waals surface area contributed by atoms with Crippen LogP contribution in [0.15, 0.2) is 39.8 Å². The fraction of sp³-hybridized carbons (Fsp3) is 0.0909. The van der Waals surface area contributed by atoms with E-state index in [0.717, 1.165) is 0 Å². The van der Waals surface area contributed by atoms with E-state index in [2.05, 4.69) is 31.2 Å². The van der Waals surface area contributed by atoms with Crippen molar-refractivity contribution < 1.29 is 8.78 Å². The molecule has 0 saturated carbocycles. The Labute approximate surface area is 121 Å². The van der Waals surface area contributed by atoms with Crippen LogP contribution in [0.1, 0.15) is 0 Å². The molecule has 2 rings (SSSR count). The van der Waals surface area contributed by atoms with Gasteiger partial charge in [-0.15, -0.1) is 0 Å². The van der Waals surface area contributed by atoms with Gasteiger partial charge in [0.1, 0.15) is 5.82 Å². The van der Waals surface area contributed by atoms with Gasteiger partial charge in [0, 0.05) is 11.1 Å². The van der Waals surface area contributed by atoms with E-state index in [1.54, 1.807) is 24.3 Å². The number of para-hydroxylation sites is 1. The largest absolute Gasteiger partial charge is 0.368 e. The van der Waals surface area contributed by atoms with Crippen molar-refractivity contribution in [3.63, 3.8) is 0 Å². The number of rotatable bonds is 4. The van der Waals surface area contributed by atoms with E-state index in [4.69, 9.17) is 5.73 Å². The van der Waals surface area contributed by atoms with Gasteiger partial charge >= 0.3 is 0 Å². The molecule has 0 aliphatic carbocycles. The maximum atomic E-state index is 12.5. The van der Waals surface area contributed by atoms with Crippen LogP contribution in [0, 0.1) is 0 Å². The first-order valence-electron chi connectivity index (χ1n) is 5.15. The number of nitrogens with two attached hydrogens (primary N) is 1. The second-order valence-corrected chi connectivity index (χ2v) is 5.31. The maximum absolute atomic E-state index is 12.5. The van der Waals surface area contributed by atoms with Gasteiger partial charge in [0.05, 0.1) is 10.2 Å². The lowest BCUT2D eigenvalue weighted by Gasteiger charge is -2.11. The number of nitrogen functional groups attached to an aromatic ring is 1. The van der Waals surface area contributed by atoms with Crippen LogP contribution in [-0.2, 0) is 0 Å². The number of hydrogen-bond donors (Lipinski definition) is 2. The Balaban J connectivity index is 2.30. The minimum Gasteiger partial charge on any atom is -0.368 e. The van der Waals surface area contributed by atoms with E-state index in [1.807, 2.05) is 0 Å². The Morgan fingerprint density at radius 1 is 1.32 bits per heavy atom. The van der Waals surface area contributed by atoms with Crippen LogP contribution in [0.4, 0.5) is 26.2 Å². The number of thioether (sulfide) groups is 1. The molecule has 0 radical (unpaired) electrons. The second-order valence-electron chi connectivity index (χ2n) is 3.42. The summed E-state index contributed by atoms with van der Waals surface area (Å²) in [6.07, 6.45) is 1.49. The summed E-state index contributed by atoms with van der Waals surface area (Å²) in [5, 5.41) is 2.95. The Bertz CT molecular complexity index is 582. The Morgan fingerprint density at radius 2 is 2.05 bits per heavy atom. The van der Waals surface area contributed by atoms with Crippen LogP contribution < -0.4 is 11.1 Å². The zero-order valence-electron chi connectivity index (χ0n) is 9.48. The summed E-state index contributed by atoms with van der Waals surface area (Å²) in [7, 11) is 0. The zero-order valence-corrected chi connectivity index (χ0v) is 11.9. The highest BCUT2D eigenvalue weighted by molar-refractivity contribution is 9.10. The molecule has 0 fully saturated rings. The predicted molar refractivity (Wildman–Crippen MR) is 75.7 cm³/mol. The summed E-state index contributed by atoms with van der Waals surface area (Å²) in [5.74, 6) is -1.96. The van der Waals surface area contributed by atoms with Crippen LogP contribution in [0.25, 0.3) is 0 Å². The van der Waals surface area contributed by atoms with Crippen LogP contribution in [-0.4, -0.2) is 15.7 Å². The van der Waals surface area contributed by atoms with Gasteiger partial charge in [-0.2, -0.15) is 13.8 Å². The molecular formula is C11H9BrF2N4S. The molecule has 0 unspecified atom stereocenters. The number of anilines is 3. The standard InChI is InChI=1S/C11H9BrF2N4S/c12-6-5-16-11(15)18-9(6)17-7-3-1-2-4-8(7)19-10(13)14/h1-5,10H,(H3,15,16,17,18). The molecule has 4 nitrogen and oxygen atoms in total. The fourth-order valence-electron chi connectivity index (χ4n) is 1.36. The zero-order chi connectivity index (χ0) is 13.8. The fourth-order valence-corrected chi connectivity index (χ4v) is 2.25. The van der Waals surface area contributed by atoms with E-state index in [1.165, 1.54) is 6.20 Å². The first-order valence-corrected chi connectivity index (χ1v) is 6.82. The van der Waals surface area contributed by atoms with Crippen LogP contribution >= 0.6 is 27.7 Å². The molecule has 0 amide bonds. The number of nitrogens with zero attached hydrogens (tertiary/aromatic N) is 2. The third kappa shape index (κ3) is 3.77. The lowest BCUT2D eigenvalue weighted by Crippen LogP contribution is -2.01. The molecule has 100 valence electrons. The van der Waals surface area contributed by atoms with Gasteiger partial charge in [-0.3, -0.25) is 0 Å². The minimum absolute atomic E-state index is 0.102. The molecule has 1 aromatic carbocycles. The Kier molecular flexibility index (Phi) is 4.54. The van der Waals surface area contributed by atoms with Gasteiger partial charge in [-0.1, -0.05) is 23.9 Å². The number of hydrogen-bond acceptors (Lipinski definition) is 5. The van der Waals surface area contributed by atoms with Crippen molar-refractivity contribution in [2.75, 3.05) is 11.1 Å². The number of alkyl halides is 2. The van der Waals surface area contributed by atoms with Gasteiger partial charge in [0.15, 0.2) is 0 Å². The topological polar surface area (TPSA) is 63.8 Å². The molecule has 0 aliphatic heterocycles. The highest BCUT2D eigenvalue weighted by Crippen LogP contribution is 2.34. The third-order valence-corrected chi connectivity index (χ3v) is 3.49. The van der Waals surface area contributed by atoms with Crippen molar-refractivity contribution in [3.8, 4) is 0 Å². The molecule has 8 heteroatoms. The predicted octanol–water partition coefficient (Wildman–Crippen LogP) is 3.88. The van der Waals surface area contributed by atoms with Gasteiger partial charge < -0.3 is 11.1 Å². The van der Waals surface area contributed by atoms with Crippen molar-refractivity contribution >= 4 is 45.1 Å². The highest BCUT2D eigenvalue weighted by atomic mass is 79.9. The smallest absolute Gasteiger partial charge is 0.288 e. The van der Waals surface area contributed by atoms with Crippen molar-refractivity contribution in [3.05, 3.63) is 34.9 Å². The summed E-state index contributed by atoms with van der Waals surface area (Å²) >= 11 is 3.73. The SMILES string of the molecule is Nc1ncc(Br)c(Nc2ccccc2SC(F)F)n1. The van der Waals surface area contributed by atoms with Crippen molar-refractivity contribution in [1.29, 1.82) is 0 Å². The third-order valence-electron chi connectivity index (χ3n) is 2.12. The van der Waals surface area contributed by atoms with Gasteiger partial charge in [-0.25, -0.2) is 4.98 Å². The summed E-state index contributed by atoms with van der Waals surface area (Å²) in [6.45, 7) is 0. The summed E-state index contributed by atoms with van der Waals surface area (Å²) in [6, 6.07) is 6.74.